The lowest BCUT2D eigenvalue weighted by Crippen LogP contribution is -1.98. The summed E-state index contributed by atoms with van der Waals surface area (Å²) in [7, 11) is 0. The van der Waals surface area contributed by atoms with Gasteiger partial charge in [0.2, 0.25) is 0 Å². The lowest BCUT2D eigenvalue weighted by atomic mass is 9.97. The van der Waals surface area contributed by atoms with E-state index in [4.69, 9.17) is 11.5 Å². The van der Waals surface area contributed by atoms with Gasteiger partial charge in [-0.3, -0.25) is 0 Å². The third kappa shape index (κ3) is 13.3. The van der Waals surface area contributed by atoms with Crippen LogP contribution in [-0.2, 0) is 38.5 Å². The SMILES string of the molecule is CCCCCc1cc(Cc2ccc(CCCCCCCCCc3ccc(Cc4ccc(N)c(CCCCC)c4)cc3)cc2)ccc1N. The molecule has 0 aliphatic carbocycles. The van der Waals surface area contributed by atoms with E-state index in [-0.39, 0.29) is 0 Å². The van der Waals surface area contributed by atoms with Crippen LogP contribution in [0.4, 0.5) is 11.4 Å². The summed E-state index contributed by atoms with van der Waals surface area (Å²) in [6.07, 6.45) is 23.4. The molecule has 2 nitrogen and oxygen atoms in total. The van der Waals surface area contributed by atoms with Crippen molar-refractivity contribution in [3.05, 3.63) is 129 Å². The predicted molar refractivity (Wildman–Crippen MR) is 206 cm³/mol. The number of hydrogen-bond donors (Lipinski definition) is 2. The number of nitrogen functional groups attached to an aromatic ring is 2. The zero-order chi connectivity index (χ0) is 33.1. The first-order chi connectivity index (χ1) is 23.0. The minimum atomic E-state index is 0.944. The summed E-state index contributed by atoms with van der Waals surface area (Å²) in [5, 5.41) is 0. The molecule has 0 atom stereocenters. The van der Waals surface area contributed by atoms with Crippen molar-refractivity contribution in [3.63, 3.8) is 0 Å². The first-order valence-corrected chi connectivity index (χ1v) is 18.9. The van der Waals surface area contributed by atoms with E-state index in [1.54, 1.807) is 0 Å². The van der Waals surface area contributed by atoms with Gasteiger partial charge in [0.25, 0.3) is 0 Å². The molecule has 0 amide bonds. The second kappa shape index (κ2) is 20.7. The number of hydrogen-bond acceptors (Lipinski definition) is 2. The van der Waals surface area contributed by atoms with E-state index >= 15 is 0 Å². The maximum absolute atomic E-state index is 6.24. The minimum absolute atomic E-state index is 0.944. The van der Waals surface area contributed by atoms with Gasteiger partial charge in [0.1, 0.15) is 0 Å². The lowest BCUT2D eigenvalue weighted by Gasteiger charge is -2.10. The van der Waals surface area contributed by atoms with Crippen molar-refractivity contribution in [2.75, 3.05) is 11.5 Å². The first kappa shape index (κ1) is 36.3. The maximum Gasteiger partial charge on any atom is 0.0346 e. The molecule has 4 aromatic carbocycles. The Morgan fingerprint density at radius 2 is 0.660 bits per heavy atom. The van der Waals surface area contributed by atoms with Gasteiger partial charge >= 0.3 is 0 Å². The summed E-state index contributed by atoms with van der Waals surface area (Å²) >= 11 is 0. The number of aryl methyl sites for hydroxylation is 4. The van der Waals surface area contributed by atoms with E-state index in [0.717, 1.165) is 37.1 Å². The van der Waals surface area contributed by atoms with Crippen LogP contribution in [0.2, 0.25) is 0 Å². The number of anilines is 2. The van der Waals surface area contributed by atoms with Gasteiger partial charge in [-0.05, 0) is 121 Å². The van der Waals surface area contributed by atoms with Gasteiger partial charge in [0.05, 0.1) is 0 Å². The fourth-order valence-electron chi connectivity index (χ4n) is 6.76. The largest absolute Gasteiger partial charge is 0.399 e. The summed E-state index contributed by atoms with van der Waals surface area (Å²) < 4.78 is 0. The fraction of sp³-hybridized carbons (Fsp3) is 0.467. The van der Waals surface area contributed by atoms with Gasteiger partial charge in [0, 0.05) is 11.4 Å². The first-order valence-electron chi connectivity index (χ1n) is 18.9. The normalized spacial score (nSPS) is 11.3. The molecule has 252 valence electrons. The van der Waals surface area contributed by atoms with Crippen molar-refractivity contribution in [3.8, 4) is 0 Å². The average molecular weight is 631 g/mol. The molecular weight excluding hydrogens is 569 g/mol. The van der Waals surface area contributed by atoms with Gasteiger partial charge < -0.3 is 11.5 Å². The summed E-state index contributed by atoms with van der Waals surface area (Å²) in [5.41, 5.74) is 25.5. The van der Waals surface area contributed by atoms with E-state index < -0.39 is 0 Å². The Morgan fingerprint density at radius 1 is 0.340 bits per heavy atom. The molecule has 0 spiro atoms. The fourth-order valence-corrected chi connectivity index (χ4v) is 6.76. The quantitative estimate of drug-likeness (QED) is 0.0670. The van der Waals surface area contributed by atoms with Crippen LogP contribution in [0.3, 0.4) is 0 Å². The molecule has 47 heavy (non-hydrogen) atoms. The summed E-state index contributed by atoms with van der Waals surface area (Å²) in [6, 6.07) is 31.9. The summed E-state index contributed by atoms with van der Waals surface area (Å²) in [4.78, 5) is 0. The second-order valence-electron chi connectivity index (χ2n) is 13.9. The Hall–Kier alpha value is -3.52. The van der Waals surface area contributed by atoms with E-state index in [9.17, 15) is 0 Å². The number of rotatable bonds is 22. The van der Waals surface area contributed by atoms with Crippen molar-refractivity contribution in [1.82, 2.24) is 0 Å². The Balaban J connectivity index is 1.05. The molecule has 4 N–H and O–H groups in total. The van der Waals surface area contributed by atoms with Gasteiger partial charge in [-0.1, -0.05) is 144 Å². The highest BCUT2D eigenvalue weighted by Gasteiger charge is 2.05. The van der Waals surface area contributed by atoms with Crippen LogP contribution < -0.4 is 11.5 Å². The second-order valence-corrected chi connectivity index (χ2v) is 13.9. The highest BCUT2D eigenvalue weighted by molar-refractivity contribution is 5.50. The van der Waals surface area contributed by atoms with E-state index in [1.165, 1.54) is 141 Å². The van der Waals surface area contributed by atoms with Crippen molar-refractivity contribution < 1.29 is 0 Å². The Bertz CT molecular complexity index is 1320. The molecule has 2 heteroatoms. The van der Waals surface area contributed by atoms with Crippen molar-refractivity contribution in [1.29, 1.82) is 0 Å². The Morgan fingerprint density at radius 3 is 1.04 bits per heavy atom. The van der Waals surface area contributed by atoms with Gasteiger partial charge in [-0.15, -0.1) is 0 Å². The number of unbranched alkanes of at least 4 members (excludes halogenated alkanes) is 10. The van der Waals surface area contributed by atoms with Gasteiger partial charge in [-0.2, -0.15) is 0 Å². The predicted octanol–water partition coefficient (Wildman–Crippen LogP) is 12.0. The molecule has 0 aliphatic rings. The summed E-state index contributed by atoms with van der Waals surface area (Å²) in [6.45, 7) is 4.50. The highest BCUT2D eigenvalue weighted by Crippen LogP contribution is 2.22. The monoisotopic (exact) mass is 630 g/mol. The molecule has 0 heterocycles. The smallest absolute Gasteiger partial charge is 0.0346 e. The van der Waals surface area contributed by atoms with E-state index in [2.05, 4.69) is 98.8 Å². The van der Waals surface area contributed by atoms with Crippen molar-refractivity contribution in [2.45, 2.75) is 136 Å². The third-order valence-corrected chi connectivity index (χ3v) is 9.81. The van der Waals surface area contributed by atoms with Crippen LogP contribution in [0.1, 0.15) is 142 Å². The van der Waals surface area contributed by atoms with Crippen molar-refractivity contribution in [2.24, 2.45) is 0 Å². The van der Waals surface area contributed by atoms with Crippen LogP contribution in [0, 0.1) is 0 Å². The molecule has 0 saturated heterocycles. The number of nitrogens with two attached hydrogens (primary N) is 2. The molecule has 4 aromatic rings. The van der Waals surface area contributed by atoms with Crippen molar-refractivity contribution >= 4 is 11.4 Å². The molecule has 0 unspecified atom stereocenters. The molecule has 0 aliphatic heterocycles. The third-order valence-electron chi connectivity index (χ3n) is 9.81. The topological polar surface area (TPSA) is 52.0 Å². The van der Waals surface area contributed by atoms with Gasteiger partial charge in [-0.25, -0.2) is 0 Å². The minimum Gasteiger partial charge on any atom is -0.399 e. The molecule has 0 radical (unpaired) electrons. The highest BCUT2D eigenvalue weighted by atomic mass is 14.6. The lowest BCUT2D eigenvalue weighted by molar-refractivity contribution is 0.579. The molecular formula is C45H62N2. The average Bonchev–Trinajstić information content (AvgIpc) is 3.08. The zero-order valence-corrected chi connectivity index (χ0v) is 29.7. The molecule has 0 fully saturated rings. The Labute approximate surface area is 287 Å². The van der Waals surface area contributed by atoms with Crippen LogP contribution >= 0.6 is 0 Å². The number of benzene rings is 4. The van der Waals surface area contributed by atoms with Gasteiger partial charge in [0.15, 0.2) is 0 Å². The van der Waals surface area contributed by atoms with Crippen LogP contribution in [0.25, 0.3) is 0 Å². The maximum atomic E-state index is 6.24. The van der Waals surface area contributed by atoms with E-state index in [1.807, 2.05) is 0 Å². The van der Waals surface area contributed by atoms with E-state index in [0.29, 0.717) is 0 Å². The zero-order valence-electron chi connectivity index (χ0n) is 29.7. The van der Waals surface area contributed by atoms with Crippen LogP contribution in [-0.4, -0.2) is 0 Å². The molecule has 0 bridgehead atoms. The Kier molecular flexibility index (Phi) is 16.0. The standard InChI is InChI=1S/C45H62N2/c1-3-5-12-18-42-34-40(28-30-44(42)46)32-38-24-20-36(21-25-38)16-14-10-8-7-9-11-15-17-37-22-26-39(27-23-37)33-41-29-31-45(47)43(35-41)19-13-6-4-2/h20-31,34-35H,3-19,32-33,46-47H2,1-2H3. The molecule has 4 rings (SSSR count). The van der Waals surface area contributed by atoms with Crippen LogP contribution in [0.5, 0.6) is 0 Å². The summed E-state index contributed by atoms with van der Waals surface area (Å²) in [5.74, 6) is 0. The van der Waals surface area contributed by atoms with Crippen LogP contribution in [0.15, 0.2) is 84.9 Å². The molecule has 0 aromatic heterocycles. The molecule has 0 saturated carbocycles.